The van der Waals surface area contributed by atoms with E-state index in [4.69, 9.17) is 18.9 Å². The van der Waals surface area contributed by atoms with Crippen molar-refractivity contribution >= 4 is 0 Å². The summed E-state index contributed by atoms with van der Waals surface area (Å²) in [5.74, 6) is 0. The highest BCUT2D eigenvalue weighted by Gasteiger charge is 2.05. The van der Waals surface area contributed by atoms with Gasteiger partial charge in [0.25, 0.3) is 0 Å². The van der Waals surface area contributed by atoms with Crippen LogP contribution in [0.25, 0.3) is 0 Å². The summed E-state index contributed by atoms with van der Waals surface area (Å²) in [6.07, 6.45) is 7.36. The second-order valence-corrected chi connectivity index (χ2v) is 4.68. The van der Waals surface area contributed by atoms with Gasteiger partial charge in [0.1, 0.15) is 25.4 Å². The highest BCUT2D eigenvalue weighted by Crippen LogP contribution is 1.92. The van der Waals surface area contributed by atoms with E-state index in [0.717, 1.165) is 12.8 Å². The summed E-state index contributed by atoms with van der Waals surface area (Å²) < 4.78 is 20.7. The average molecular weight is 318 g/mol. The summed E-state index contributed by atoms with van der Waals surface area (Å²) in [4.78, 5) is 0. The fraction of sp³-hybridized carbons (Fsp3) is 0.750. The van der Waals surface area contributed by atoms with Crippen LogP contribution in [0.2, 0.25) is 0 Å². The lowest BCUT2D eigenvalue weighted by Gasteiger charge is -2.12. The Morgan fingerprint density at radius 2 is 1.14 bits per heavy atom. The first kappa shape index (κ1) is 20.9. The highest BCUT2D eigenvalue weighted by atomic mass is 16.5. The summed E-state index contributed by atoms with van der Waals surface area (Å²) in [5, 5.41) is 19.1. The largest absolute Gasteiger partial charge is 0.499 e. The topological polar surface area (TPSA) is 77.4 Å². The second-order valence-electron chi connectivity index (χ2n) is 4.68. The summed E-state index contributed by atoms with van der Waals surface area (Å²) >= 11 is 0. The van der Waals surface area contributed by atoms with Gasteiger partial charge in [0.2, 0.25) is 0 Å². The summed E-state index contributed by atoms with van der Waals surface area (Å²) in [5.41, 5.74) is 0. The van der Waals surface area contributed by atoms with E-state index >= 15 is 0 Å². The van der Waals surface area contributed by atoms with Crippen LogP contribution in [0.4, 0.5) is 0 Å². The molecule has 2 unspecified atom stereocenters. The predicted molar refractivity (Wildman–Crippen MR) is 84.4 cm³/mol. The van der Waals surface area contributed by atoms with Gasteiger partial charge in [0.15, 0.2) is 0 Å². The Labute approximate surface area is 133 Å². The van der Waals surface area contributed by atoms with E-state index in [-0.39, 0.29) is 26.4 Å². The molecule has 2 atom stereocenters. The van der Waals surface area contributed by atoms with Gasteiger partial charge in [-0.2, -0.15) is 0 Å². The number of hydrogen-bond donors (Lipinski definition) is 2. The maximum Gasteiger partial charge on any atom is 0.115 e. The summed E-state index contributed by atoms with van der Waals surface area (Å²) in [7, 11) is 0. The van der Waals surface area contributed by atoms with Crippen LogP contribution in [0.1, 0.15) is 26.7 Å². The molecule has 0 radical (unpaired) electrons. The zero-order valence-electron chi connectivity index (χ0n) is 13.6. The van der Waals surface area contributed by atoms with E-state index in [1.807, 2.05) is 26.0 Å². The monoisotopic (exact) mass is 318 g/mol. The third-order valence-corrected chi connectivity index (χ3v) is 2.43. The Morgan fingerprint density at radius 1 is 0.727 bits per heavy atom. The van der Waals surface area contributed by atoms with E-state index in [0.29, 0.717) is 13.2 Å². The van der Waals surface area contributed by atoms with Crippen molar-refractivity contribution in [3.05, 3.63) is 24.7 Å². The van der Waals surface area contributed by atoms with Crippen molar-refractivity contribution in [1.29, 1.82) is 0 Å². The van der Waals surface area contributed by atoms with Crippen LogP contribution in [0.3, 0.4) is 0 Å². The van der Waals surface area contributed by atoms with Crippen molar-refractivity contribution in [3.8, 4) is 0 Å². The van der Waals surface area contributed by atoms with Gasteiger partial charge in [-0.3, -0.25) is 0 Å². The smallest absolute Gasteiger partial charge is 0.115 e. The summed E-state index contributed by atoms with van der Waals surface area (Å²) in [6.45, 7) is 5.51. The Morgan fingerprint density at radius 3 is 1.50 bits per heavy atom. The molecule has 130 valence electrons. The molecule has 0 aliphatic rings. The van der Waals surface area contributed by atoms with Crippen LogP contribution >= 0.6 is 0 Å². The molecule has 0 heterocycles. The van der Waals surface area contributed by atoms with Gasteiger partial charge in [0.05, 0.1) is 39.0 Å². The number of hydrogen-bond acceptors (Lipinski definition) is 6. The van der Waals surface area contributed by atoms with Gasteiger partial charge in [-0.25, -0.2) is 0 Å². The minimum atomic E-state index is -0.661. The molecule has 0 aliphatic heterocycles. The van der Waals surface area contributed by atoms with Crippen LogP contribution in [-0.4, -0.2) is 62.1 Å². The molecule has 2 N–H and O–H groups in total. The molecule has 0 aliphatic carbocycles. The van der Waals surface area contributed by atoms with E-state index in [9.17, 15) is 10.2 Å². The van der Waals surface area contributed by atoms with E-state index in [1.165, 1.54) is 0 Å². The Kier molecular flexibility index (Phi) is 15.5. The van der Waals surface area contributed by atoms with Gasteiger partial charge in [-0.05, 0) is 12.8 Å². The van der Waals surface area contributed by atoms with Crippen LogP contribution in [0, 0.1) is 0 Å². The molecule has 6 nitrogen and oxygen atoms in total. The standard InChI is InChI=1S/C16H30O6/c1-3-5-7-19-11-15(17)13-21-9-10-22-14-16(18)12-20-8-6-4-2/h5-8,15-18H,3-4,9-14H2,1-2H3. The zero-order chi connectivity index (χ0) is 16.5. The molecular formula is C16H30O6. The van der Waals surface area contributed by atoms with Crippen LogP contribution in [-0.2, 0) is 18.9 Å². The van der Waals surface area contributed by atoms with Gasteiger partial charge in [-0.15, -0.1) is 0 Å². The first-order chi connectivity index (χ1) is 10.7. The highest BCUT2D eigenvalue weighted by molar-refractivity contribution is 4.71. The molecule has 0 saturated heterocycles. The van der Waals surface area contributed by atoms with Crippen molar-refractivity contribution in [1.82, 2.24) is 0 Å². The van der Waals surface area contributed by atoms with Gasteiger partial charge < -0.3 is 29.2 Å². The molecule has 0 fully saturated rings. The zero-order valence-corrected chi connectivity index (χ0v) is 13.6. The number of rotatable bonds is 15. The van der Waals surface area contributed by atoms with E-state index in [2.05, 4.69) is 0 Å². The van der Waals surface area contributed by atoms with Crippen molar-refractivity contribution < 1.29 is 29.2 Å². The number of ether oxygens (including phenoxy) is 4. The molecular weight excluding hydrogens is 288 g/mol. The lowest BCUT2D eigenvalue weighted by atomic mass is 10.4. The minimum absolute atomic E-state index is 0.191. The lowest BCUT2D eigenvalue weighted by Crippen LogP contribution is -2.24. The second kappa shape index (κ2) is 16.3. The molecule has 0 rings (SSSR count). The van der Waals surface area contributed by atoms with Crippen LogP contribution in [0.15, 0.2) is 24.7 Å². The molecule has 0 aromatic heterocycles. The third-order valence-electron chi connectivity index (χ3n) is 2.43. The fourth-order valence-corrected chi connectivity index (χ4v) is 1.31. The first-order valence-electron chi connectivity index (χ1n) is 7.75. The third kappa shape index (κ3) is 15.3. The quantitative estimate of drug-likeness (QED) is 0.353. The number of allylic oxidation sites excluding steroid dienone is 2. The van der Waals surface area contributed by atoms with E-state index < -0.39 is 12.2 Å². The molecule has 0 aromatic carbocycles. The van der Waals surface area contributed by atoms with Crippen molar-refractivity contribution in [2.45, 2.75) is 38.9 Å². The number of aliphatic hydroxyl groups excluding tert-OH is 2. The predicted octanol–water partition coefficient (Wildman–Crippen LogP) is 1.62. The fourth-order valence-electron chi connectivity index (χ4n) is 1.31. The SMILES string of the molecule is CCC=COCC(O)COCCOCC(O)COC=CCC. The Balaban J connectivity index is 3.34. The lowest BCUT2D eigenvalue weighted by molar-refractivity contribution is -0.0377. The Hall–Kier alpha value is -1.08. The van der Waals surface area contributed by atoms with Crippen molar-refractivity contribution in [2.75, 3.05) is 39.6 Å². The summed E-state index contributed by atoms with van der Waals surface area (Å²) in [6, 6.07) is 0. The molecule has 0 spiro atoms. The maximum atomic E-state index is 9.55. The van der Waals surface area contributed by atoms with E-state index in [1.54, 1.807) is 12.5 Å². The molecule has 0 amide bonds. The average Bonchev–Trinajstić information content (AvgIpc) is 2.51. The minimum Gasteiger partial charge on any atom is -0.499 e. The van der Waals surface area contributed by atoms with Crippen LogP contribution in [0.5, 0.6) is 0 Å². The number of aliphatic hydroxyl groups is 2. The molecule has 0 saturated carbocycles. The van der Waals surface area contributed by atoms with Crippen LogP contribution < -0.4 is 0 Å². The maximum absolute atomic E-state index is 9.55. The van der Waals surface area contributed by atoms with Gasteiger partial charge in [0, 0.05) is 0 Å². The first-order valence-corrected chi connectivity index (χ1v) is 7.75. The van der Waals surface area contributed by atoms with Gasteiger partial charge in [-0.1, -0.05) is 26.0 Å². The van der Waals surface area contributed by atoms with Crippen molar-refractivity contribution in [2.24, 2.45) is 0 Å². The molecule has 22 heavy (non-hydrogen) atoms. The Bertz CT molecular complexity index is 252. The van der Waals surface area contributed by atoms with Crippen molar-refractivity contribution in [3.63, 3.8) is 0 Å². The molecule has 0 aromatic rings. The van der Waals surface area contributed by atoms with Gasteiger partial charge >= 0.3 is 0 Å². The normalized spacial score (nSPS) is 14.5. The molecule has 0 bridgehead atoms. The molecule has 6 heteroatoms.